The van der Waals surface area contributed by atoms with E-state index in [4.69, 9.17) is 10.2 Å². The van der Waals surface area contributed by atoms with Gasteiger partial charge in [0, 0.05) is 24.2 Å². The average Bonchev–Trinajstić information content (AvgIpc) is 3.16. The summed E-state index contributed by atoms with van der Waals surface area (Å²) in [5.41, 5.74) is 6.50. The van der Waals surface area contributed by atoms with Crippen molar-refractivity contribution in [1.82, 2.24) is 20.0 Å². The highest BCUT2D eigenvalue weighted by molar-refractivity contribution is 5.55. The normalized spacial score (nSPS) is 13.1. The molecule has 0 saturated heterocycles. The second-order valence-corrected chi connectivity index (χ2v) is 5.82. The van der Waals surface area contributed by atoms with Gasteiger partial charge in [-0.15, -0.1) is 5.10 Å². The van der Waals surface area contributed by atoms with E-state index in [1.807, 2.05) is 0 Å². The van der Waals surface area contributed by atoms with Crippen LogP contribution in [0.1, 0.15) is 18.0 Å². The molecule has 138 valence electrons. The van der Waals surface area contributed by atoms with Gasteiger partial charge in [-0.05, 0) is 24.3 Å². The Bertz CT molecular complexity index is 856. The zero-order valence-electron chi connectivity index (χ0n) is 13.4. The fourth-order valence-electron chi connectivity index (χ4n) is 2.42. The number of nitrogens with zero attached hydrogens (tertiary/aromatic N) is 4. The van der Waals surface area contributed by atoms with Gasteiger partial charge in [-0.25, -0.2) is 14.1 Å². The van der Waals surface area contributed by atoms with Crippen molar-refractivity contribution in [2.45, 2.75) is 31.6 Å². The molecule has 1 aromatic carbocycles. The number of oxazole rings is 1. The van der Waals surface area contributed by atoms with Gasteiger partial charge in [0.15, 0.2) is 5.76 Å². The van der Waals surface area contributed by atoms with Gasteiger partial charge in [-0.3, -0.25) is 0 Å². The van der Waals surface area contributed by atoms with Gasteiger partial charge in [0.05, 0.1) is 18.3 Å². The van der Waals surface area contributed by atoms with E-state index in [0.717, 1.165) is 0 Å². The molecule has 2 N–H and O–H groups in total. The summed E-state index contributed by atoms with van der Waals surface area (Å²) in [6, 6.07) is 4.67. The molecule has 1 unspecified atom stereocenters. The summed E-state index contributed by atoms with van der Waals surface area (Å²) in [7, 11) is 0. The van der Waals surface area contributed by atoms with Crippen LogP contribution in [0.2, 0.25) is 0 Å². The molecule has 3 aromatic rings. The molecule has 2 aromatic heterocycles. The highest BCUT2D eigenvalue weighted by Gasteiger charge is 2.30. The van der Waals surface area contributed by atoms with Gasteiger partial charge in [0.2, 0.25) is 5.89 Å². The fourth-order valence-corrected chi connectivity index (χ4v) is 2.42. The Kier molecular flexibility index (Phi) is 5.03. The lowest BCUT2D eigenvalue weighted by atomic mass is 10.1. The van der Waals surface area contributed by atoms with Crippen molar-refractivity contribution < 1.29 is 22.0 Å². The Morgan fingerprint density at radius 3 is 2.62 bits per heavy atom. The molecule has 26 heavy (non-hydrogen) atoms. The lowest BCUT2D eigenvalue weighted by Crippen LogP contribution is -2.29. The van der Waals surface area contributed by atoms with E-state index in [1.165, 1.54) is 29.2 Å². The van der Waals surface area contributed by atoms with Crippen LogP contribution in [0.25, 0.3) is 11.3 Å². The summed E-state index contributed by atoms with van der Waals surface area (Å²) in [6.45, 7) is 0.155. The van der Waals surface area contributed by atoms with Crippen LogP contribution in [0, 0.1) is 5.82 Å². The van der Waals surface area contributed by atoms with Gasteiger partial charge >= 0.3 is 6.18 Å². The quantitative estimate of drug-likeness (QED) is 0.676. The van der Waals surface area contributed by atoms with Crippen LogP contribution in [-0.4, -0.2) is 32.2 Å². The predicted octanol–water partition coefficient (Wildman–Crippen LogP) is 2.94. The van der Waals surface area contributed by atoms with Crippen LogP contribution >= 0.6 is 0 Å². The van der Waals surface area contributed by atoms with Gasteiger partial charge < -0.3 is 10.2 Å². The summed E-state index contributed by atoms with van der Waals surface area (Å²) in [4.78, 5) is 4.11. The van der Waals surface area contributed by atoms with Crippen molar-refractivity contribution >= 4 is 0 Å². The molecule has 10 heteroatoms. The highest BCUT2D eigenvalue weighted by Crippen LogP contribution is 2.22. The number of hydrogen-bond donors (Lipinski definition) is 1. The molecule has 0 spiro atoms. The molecule has 0 amide bonds. The Morgan fingerprint density at radius 1 is 1.19 bits per heavy atom. The monoisotopic (exact) mass is 369 g/mol. The Hall–Kier alpha value is -2.75. The first-order chi connectivity index (χ1) is 12.3. The van der Waals surface area contributed by atoms with Gasteiger partial charge in [-0.2, -0.15) is 13.2 Å². The highest BCUT2D eigenvalue weighted by atomic mass is 19.4. The summed E-state index contributed by atoms with van der Waals surface area (Å²) in [5.74, 6) is 0.445. The first-order valence-electron chi connectivity index (χ1n) is 7.70. The van der Waals surface area contributed by atoms with Crippen molar-refractivity contribution in [3.8, 4) is 11.3 Å². The van der Waals surface area contributed by atoms with Crippen LogP contribution in [0.3, 0.4) is 0 Å². The zero-order chi connectivity index (χ0) is 18.7. The SMILES string of the molecule is NC(Cc1cn(Cc2ncc(-c3ccc(F)cc3)o2)nn1)CC(F)(F)F. The molecule has 2 heterocycles. The van der Waals surface area contributed by atoms with Crippen LogP contribution < -0.4 is 5.73 Å². The first-order valence-corrected chi connectivity index (χ1v) is 7.70. The molecule has 0 radical (unpaired) electrons. The maximum atomic E-state index is 12.9. The van der Waals surface area contributed by atoms with Crippen molar-refractivity contribution in [1.29, 1.82) is 0 Å². The minimum atomic E-state index is -4.32. The Morgan fingerprint density at radius 2 is 1.92 bits per heavy atom. The van der Waals surface area contributed by atoms with E-state index in [2.05, 4.69) is 15.3 Å². The van der Waals surface area contributed by atoms with E-state index >= 15 is 0 Å². The van der Waals surface area contributed by atoms with E-state index in [1.54, 1.807) is 12.1 Å². The van der Waals surface area contributed by atoms with Crippen LogP contribution in [0.5, 0.6) is 0 Å². The standard InChI is InChI=1S/C16H15F4N5O/c17-11-3-1-10(2-4-11)14-7-22-15(26-14)9-25-8-13(23-24-25)5-12(21)6-16(18,19)20/h1-4,7-8,12H,5-6,9,21H2. The molecule has 0 fully saturated rings. The number of alkyl halides is 3. The molecule has 6 nitrogen and oxygen atoms in total. The maximum Gasteiger partial charge on any atom is 0.390 e. The molecule has 0 bridgehead atoms. The van der Waals surface area contributed by atoms with Gasteiger partial charge in [-0.1, -0.05) is 5.21 Å². The predicted molar refractivity (Wildman–Crippen MR) is 83.4 cm³/mol. The lowest BCUT2D eigenvalue weighted by molar-refractivity contribution is -0.138. The molecule has 0 aliphatic carbocycles. The van der Waals surface area contributed by atoms with Crippen LogP contribution in [0.4, 0.5) is 17.6 Å². The van der Waals surface area contributed by atoms with E-state index in [-0.39, 0.29) is 18.8 Å². The third-order valence-electron chi connectivity index (χ3n) is 3.53. The van der Waals surface area contributed by atoms with Crippen LogP contribution in [-0.2, 0) is 13.0 Å². The average molecular weight is 369 g/mol. The third-order valence-corrected chi connectivity index (χ3v) is 3.53. The minimum absolute atomic E-state index is 0.0358. The van der Waals surface area contributed by atoms with Gasteiger partial charge in [0.25, 0.3) is 0 Å². The second kappa shape index (κ2) is 7.24. The number of rotatable bonds is 6. The molecule has 0 aliphatic heterocycles. The summed E-state index contributed by atoms with van der Waals surface area (Å²) in [6.07, 6.45) is -2.44. The smallest absolute Gasteiger partial charge is 0.390 e. The van der Waals surface area contributed by atoms with E-state index in [9.17, 15) is 17.6 Å². The number of benzene rings is 1. The van der Waals surface area contributed by atoms with Crippen molar-refractivity contribution in [2.24, 2.45) is 5.73 Å². The largest absolute Gasteiger partial charge is 0.439 e. The molecule has 3 rings (SSSR count). The third kappa shape index (κ3) is 4.88. The molecule has 0 saturated carbocycles. The molecule has 0 aliphatic rings. The minimum Gasteiger partial charge on any atom is -0.439 e. The van der Waals surface area contributed by atoms with E-state index < -0.39 is 18.6 Å². The number of halogens is 4. The molecular formula is C16H15F4N5O. The number of aromatic nitrogens is 4. The van der Waals surface area contributed by atoms with Crippen molar-refractivity contribution in [3.05, 3.63) is 54.1 Å². The number of nitrogens with two attached hydrogens (primary N) is 1. The first kappa shape index (κ1) is 18.1. The van der Waals surface area contributed by atoms with Gasteiger partial charge in [0.1, 0.15) is 12.4 Å². The number of hydrogen-bond acceptors (Lipinski definition) is 5. The second-order valence-electron chi connectivity index (χ2n) is 5.82. The zero-order valence-corrected chi connectivity index (χ0v) is 13.4. The Balaban J connectivity index is 1.62. The lowest BCUT2D eigenvalue weighted by Gasteiger charge is -2.11. The summed E-state index contributed by atoms with van der Waals surface area (Å²) < 4.78 is 56.8. The van der Waals surface area contributed by atoms with Crippen LogP contribution in [0.15, 0.2) is 41.1 Å². The maximum absolute atomic E-state index is 12.9. The van der Waals surface area contributed by atoms with E-state index in [0.29, 0.717) is 22.9 Å². The molecule has 1 atom stereocenters. The fraction of sp³-hybridized carbons (Fsp3) is 0.312. The van der Waals surface area contributed by atoms with Crippen molar-refractivity contribution in [3.63, 3.8) is 0 Å². The topological polar surface area (TPSA) is 82.8 Å². The van der Waals surface area contributed by atoms with Crippen molar-refractivity contribution in [2.75, 3.05) is 0 Å². The summed E-state index contributed by atoms with van der Waals surface area (Å²) >= 11 is 0. The molecular weight excluding hydrogens is 354 g/mol. The Labute approximate surface area is 145 Å². The summed E-state index contributed by atoms with van der Waals surface area (Å²) in [5, 5.41) is 7.65.